The van der Waals surface area contributed by atoms with E-state index in [1.54, 1.807) is 14.1 Å². The van der Waals surface area contributed by atoms with Crippen LogP contribution in [0.15, 0.2) is 0 Å². The van der Waals surface area contributed by atoms with Crippen molar-refractivity contribution >= 4 is 11.8 Å². The molecule has 0 fully saturated rings. The summed E-state index contributed by atoms with van der Waals surface area (Å²) in [7, 11) is 4.56. The van der Waals surface area contributed by atoms with Gasteiger partial charge in [-0.15, -0.1) is 0 Å². The molecular formula is C7H14N2O3. The summed E-state index contributed by atoms with van der Waals surface area (Å²) in [6, 6.07) is 0. The predicted molar refractivity (Wildman–Crippen MR) is 43.3 cm³/mol. The zero-order valence-corrected chi connectivity index (χ0v) is 7.53. The highest BCUT2D eigenvalue weighted by molar-refractivity contribution is 5.86. The molecule has 0 aliphatic carbocycles. The number of hydrogen-bond donors (Lipinski definition) is 1. The molecule has 0 radical (unpaired) electrons. The van der Waals surface area contributed by atoms with Gasteiger partial charge in [-0.05, 0) is 0 Å². The van der Waals surface area contributed by atoms with E-state index in [-0.39, 0.29) is 12.3 Å². The molecule has 0 aliphatic rings. The van der Waals surface area contributed by atoms with Crippen LogP contribution in [-0.4, -0.2) is 44.0 Å². The molecule has 0 heterocycles. The molecule has 0 saturated heterocycles. The molecule has 5 heteroatoms. The fraction of sp³-hybridized carbons (Fsp3) is 0.714. The van der Waals surface area contributed by atoms with Crippen LogP contribution in [0.3, 0.4) is 0 Å². The van der Waals surface area contributed by atoms with Gasteiger partial charge in [0.05, 0.1) is 6.42 Å². The lowest BCUT2D eigenvalue weighted by Crippen LogP contribution is -2.37. The van der Waals surface area contributed by atoms with Crippen molar-refractivity contribution in [1.29, 1.82) is 0 Å². The van der Waals surface area contributed by atoms with Crippen molar-refractivity contribution in [3.63, 3.8) is 0 Å². The van der Waals surface area contributed by atoms with Crippen molar-refractivity contribution in [2.45, 2.75) is 12.5 Å². The normalized spacial score (nSPS) is 12.2. The van der Waals surface area contributed by atoms with Gasteiger partial charge in [-0.25, -0.2) is 0 Å². The molecule has 12 heavy (non-hydrogen) atoms. The second-order valence-corrected chi connectivity index (χ2v) is 2.63. The van der Waals surface area contributed by atoms with Gasteiger partial charge in [0.1, 0.15) is 6.10 Å². The van der Waals surface area contributed by atoms with E-state index in [2.05, 4.69) is 0 Å². The van der Waals surface area contributed by atoms with Gasteiger partial charge in [-0.3, -0.25) is 9.59 Å². The Hall–Kier alpha value is -1.10. The number of nitrogens with two attached hydrogens (primary N) is 1. The highest BCUT2D eigenvalue weighted by atomic mass is 16.5. The summed E-state index contributed by atoms with van der Waals surface area (Å²) in [5.41, 5.74) is 4.92. The second kappa shape index (κ2) is 4.71. The third-order valence-corrected chi connectivity index (χ3v) is 1.39. The molecule has 70 valence electrons. The van der Waals surface area contributed by atoms with Crippen LogP contribution in [0.5, 0.6) is 0 Å². The van der Waals surface area contributed by atoms with E-state index in [0.717, 1.165) is 0 Å². The van der Waals surface area contributed by atoms with Crippen molar-refractivity contribution in [2.75, 3.05) is 21.2 Å². The number of carbonyl (C=O) groups excluding carboxylic acids is 2. The molecule has 0 aliphatic heterocycles. The number of likely N-dealkylation sites (N-methyl/N-ethyl adjacent to an activating group) is 1. The molecule has 0 spiro atoms. The number of rotatable bonds is 4. The molecule has 5 nitrogen and oxygen atoms in total. The van der Waals surface area contributed by atoms with E-state index in [9.17, 15) is 9.59 Å². The molecule has 0 saturated carbocycles. The Bertz CT molecular complexity index is 179. The Morgan fingerprint density at radius 1 is 1.50 bits per heavy atom. The van der Waals surface area contributed by atoms with Gasteiger partial charge < -0.3 is 15.4 Å². The van der Waals surface area contributed by atoms with Crippen LogP contribution in [0.4, 0.5) is 0 Å². The van der Waals surface area contributed by atoms with Crippen LogP contribution in [-0.2, 0) is 14.3 Å². The lowest BCUT2D eigenvalue weighted by molar-refractivity contribution is -0.142. The van der Waals surface area contributed by atoms with Gasteiger partial charge in [-0.1, -0.05) is 0 Å². The van der Waals surface area contributed by atoms with E-state index in [1.807, 2.05) is 0 Å². The molecule has 2 amide bonds. The van der Waals surface area contributed by atoms with Gasteiger partial charge in [0, 0.05) is 21.2 Å². The van der Waals surface area contributed by atoms with Gasteiger partial charge in [0.2, 0.25) is 5.91 Å². The lowest BCUT2D eigenvalue weighted by atomic mass is 10.2. The molecule has 2 N–H and O–H groups in total. The van der Waals surface area contributed by atoms with E-state index < -0.39 is 12.0 Å². The van der Waals surface area contributed by atoms with Crippen molar-refractivity contribution in [2.24, 2.45) is 5.73 Å². The number of ether oxygens (including phenoxy) is 1. The van der Waals surface area contributed by atoms with Crippen LogP contribution in [0.1, 0.15) is 6.42 Å². The van der Waals surface area contributed by atoms with E-state index >= 15 is 0 Å². The molecule has 0 rings (SSSR count). The SMILES string of the molecule is CO[C@@H](CC(N)=O)C(=O)N(C)C. The van der Waals surface area contributed by atoms with Gasteiger partial charge >= 0.3 is 0 Å². The molecule has 0 aromatic carbocycles. The molecule has 0 aromatic rings. The minimum absolute atomic E-state index is 0.0759. The molecular weight excluding hydrogens is 160 g/mol. The number of amides is 2. The van der Waals surface area contributed by atoms with Crippen LogP contribution in [0, 0.1) is 0 Å². The minimum atomic E-state index is -0.752. The maximum Gasteiger partial charge on any atom is 0.251 e. The van der Waals surface area contributed by atoms with E-state index in [0.29, 0.717) is 0 Å². The zero-order chi connectivity index (χ0) is 9.72. The first-order valence-corrected chi connectivity index (χ1v) is 3.51. The fourth-order valence-electron chi connectivity index (χ4n) is 0.742. The predicted octanol–water partition coefficient (Wildman–Crippen LogP) is -1.03. The minimum Gasteiger partial charge on any atom is -0.371 e. The van der Waals surface area contributed by atoms with Crippen molar-refractivity contribution in [1.82, 2.24) is 4.90 Å². The first kappa shape index (κ1) is 10.9. The Balaban J connectivity index is 4.15. The number of carbonyl (C=O) groups is 2. The summed E-state index contributed by atoms with van der Waals surface area (Å²) >= 11 is 0. The summed E-state index contributed by atoms with van der Waals surface area (Å²) < 4.78 is 4.79. The monoisotopic (exact) mass is 174 g/mol. The largest absolute Gasteiger partial charge is 0.371 e. The highest BCUT2D eigenvalue weighted by Crippen LogP contribution is 1.99. The Kier molecular flexibility index (Phi) is 4.28. The third-order valence-electron chi connectivity index (χ3n) is 1.39. The van der Waals surface area contributed by atoms with E-state index in [4.69, 9.17) is 10.5 Å². The van der Waals surface area contributed by atoms with Gasteiger partial charge in [0.15, 0.2) is 0 Å². The molecule has 1 atom stereocenters. The third kappa shape index (κ3) is 3.34. The number of nitrogens with zero attached hydrogens (tertiary/aromatic N) is 1. The molecule has 0 aromatic heterocycles. The first-order chi connectivity index (χ1) is 5.49. The summed E-state index contributed by atoms with van der Waals surface area (Å²) in [5, 5.41) is 0. The van der Waals surface area contributed by atoms with Crippen LogP contribution < -0.4 is 5.73 Å². The zero-order valence-electron chi connectivity index (χ0n) is 7.53. The molecule has 0 bridgehead atoms. The quantitative estimate of drug-likeness (QED) is 0.592. The average Bonchev–Trinajstić information content (AvgIpc) is 1.98. The smallest absolute Gasteiger partial charge is 0.251 e. The average molecular weight is 174 g/mol. The summed E-state index contributed by atoms with van der Waals surface area (Å²) in [6.07, 6.45) is -0.828. The van der Waals surface area contributed by atoms with Crippen LogP contribution in [0.25, 0.3) is 0 Å². The number of hydrogen-bond acceptors (Lipinski definition) is 3. The standard InChI is InChI=1S/C7H14N2O3/c1-9(2)7(11)5(12-3)4-6(8)10/h5H,4H2,1-3H3,(H2,8,10)/t5-/m0/s1. The lowest BCUT2D eigenvalue weighted by Gasteiger charge is -2.17. The van der Waals surface area contributed by atoms with Crippen molar-refractivity contribution in [3.05, 3.63) is 0 Å². The Labute approximate surface area is 71.5 Å². The molecule has 0 unspecified atom stereocenters. The fourth-order valence-corrected chi connectivity index (χ4v) is 0.742. The number of methoxy groups -OCH3 is 1. The highest BCUT2D eigenvalue weighted by Gasteiger charge is 2.21. The van der Waals surface area contributed by atoms with Crippen molar-refractivity contribution in [3.8, 4) is 0 Å². The van der Waals surface area contributed by atoms with Crippen LogP contribution in [0.2, 0.25) is 0 Å². The maximum absolute atomic E-state index is 11.2. The number of primary amides is 1. The summed E-state index contributed by atoms with van der Waals surface area (Å²) in [4.78, 5) is 23.0. The summed E-state index contributed by atoms with van der Waals surface area (Å²) in [5.74, 6) is -0.798. The van der Waals surface area contributed by atoms with E-state index in [1.165, 1.54) is 12.0 Å². The summed E-state index contributed by atoms with van der Waals surface area (Å²) in [6.45, 7) is 0. The Morgan fingerprint density at radius 3 is 2.25 bits per heavy atom. The second-order valence-electron chi connectivity index (χ2n) is 2.63. The Morgan fingerprint density at radius 2 is 2.00 bits per heavy atom. The maximum atomic E-state index is 11.2. The van der Waals surface area contributed by atoms with Crippen molar-refractivity contribution < 1.29 is 14.3 Å². The first-order valence-electron chi connectivity index (χ1n) is 3.51. The van der Waals surface area contributed by atoms with Crippen LogP contribution >= 0.6 is 0 Å². The topological polar surface area (TPSA) is 72.6 Å². The van der Waals surface area contributed by atoms with Gasteiger partial charge in [-0.2, -0.15) is 0 Å². The van der Waals surface area contributed by atoms with Gasteiger partial charge in [0.25, 0.3) is 5.91 Å².